The second-order valence-electron chi connectivity index (χ2n) is 1.55. The molecule has 4 heteroatoms. The lowest BCUT2D eigenvalue weighted by molar-refractivity contribution is -0.306. The highest BCUT2D eigenvalue weighted by Crippen LogP contribution is 1.77. The first-order valence-electron chi connectivity index (χ1n) is 2.57. The van der Waals surface area contributed by atoms with Gasteiger partial charge in [-0.25, -0.2) is 0 Å². The molecular weight excluding hydrogens is 108 g/mol. The summed E-state index contributed by atoms with van der Waals surface area (Å²) in [4.78, 5) is 0. The maximum absolute atomic E-state index is 8.14. The highest BCUT2D eigenvalue weighted by molar-refractivity contribution is 4.39. The van der Waals surface area contributed by atoms with Gasteiger partial charge < -0.3 is 5.32 Å². The van der Waals surface area contributed by atoms with Crippen molar-refractivity contribution in [1.29, 1.82) is 0 Å². The normalized spacial score (nSPS) is 10.5. The summed E-state index contributed by atoms with van der Waals surface area (Å²) >= 11 is 0. The quantitative estimate of drug-likeness (QED) is 0.351. The number of nitrogens with zero attached hydrogens (tertiary/aromatic N) is 1. The minimum absolute atomic E-state index is 0.192. The second-order valence-corrected chi connectivity index (χ2v) is 1.55. The van der Waals surface area contributed by atoms with Gasteiger partial charge in [0, 0.05) is 0 Å². The molecule has 0 heterocycles. The molecule has 0 rings (SSSR count). The molecule has 0 spiro atoms. The zero-order chi connectivity index (χ0) is 6.41. The average molecular weight is 120 g/mol. The minimum Gasteiger partial charge on any atom is -0.320 e. The van der Waals surface area contributed by atoms with E-state index < -0.39 is 0 Å². The van der Waals surface area contributed by atoms with Crippen LogP contribution in [0.25, 0.3) is 0 Å². The van der Waals surface area contributed by atoms with E-state index in [1.165, 1.54) is 0 Å². The molecule has 0 atom stereocenters. The van der Waals surface area contributed by atoms with Gasteiger partial charge >= 0.3 is 0 Å². The summed E-state index contributed by atoms with van der Waals surface area (Å²) in [5.41, 5.74) is 0. The summed E-state index contributed by atoms with van der Waals surface area (Å²) in [6.07, 6.45) is 0.740. The van der Waals surface area contributed by atoms with E-state index in [9.17, 15) is 0 Å². The largest absolute Gasteiger partial charge is 0.320 e. The molecule has 0 aromatic carbocycles. The molecule has 0 bridgehead atoms. The number of nitrogens with one attached hydrogen (secondary N) is 1. The highest BCUT2D eigenvalue weighted by Gasteiger charge is 1.89. The van der Waals surface area contributed by atoms with E-state index in [4.69, 9.17) is 10.4 Å². The molecule has 0 radical (unpaired) electrons. The van der Waals surface area contributed by atoms with Crippen LogP contribution in [0.3, 0.4) is 0 Å². The van der Waals surface area contributed by atoms with Gasteiger partial charge in [-0.15, -0.1) is 0 Å². The Balaban J connectivity index is 2.72. The van der Waals surface area contributed by atoms with Crippen LogP contribution in [-0.2, 0) is 0 Å². The molecule has 0 unspecified atom stereocenters. The van der Waals surface area contributed by atoms with Crippen molar-refractivity contribution in [3.05, 3.63) is 0 Å². The number of hydrogen-bond donors (Lipinski definition) is 3. The third-order valence-corrected chi connectivity index (χ3v) is 0.785. The Morgan fingerprint density at radius 3 is 2.50 bits per heavy atom. The van der Waals surface area contributed by atoms with Gasteiger partial charge in [0.2, 0.25) is 0 Å². The van der Waals surface area contributed by atoms with Crippen LogP contribution in [-0.4, -0.2) is 35.8 Å². The fraction of sp³-hybridized carbons (Fsp3) is 1.00. The van der Waals surface area contributed by atoms with Crippen LogP contribution in [0.1, 0.15) is 6.42 Å². The maximum Gasteiger partial charge on any atom is 0.0524 e. The van der Waals surface area contributed by atoms with E-state index in [1.807, 2.05) is 7.05 Å². The number of hydroxylamine groups is 2. The Labute approximate surface area is 48.6 Å². The lowest BCUT2D eigenvalue weighted by Gasteiger charge is -2.03. The first-order valence-corrected chi connectivity index (χ1v) is 2.57. The van der Waals surface area contributed by atoms with Gasteiger partial charge in [-0.05, 0) is 20.0 Å². The fourth-order valence-corrected chi connectivity index (χ4v) is 0.397. The summed E-state index contributed by atoms with van der Waals surface area (Å²) in [6, 6.07) is 0. The molecular formula is C4H12N2O2. The van der Waals surface area contributed by atoms with Gasteiger partial charge in [0.15, 0.2) is 0 Å². The van der Waals surface area contributed by atoms with Crippen LogP contribution >= 0.6 is 0 Å². The maximum atomic E-state index is 8.14. The molecule has 0 aromatic heterocycles. The van der Waals surface area contributed by atoms with E-state index in [2.05, 4.69) is 5.32 Å². The van der Waals surface area contributed by atoms with Crippen molar-refractivity contribution in [1.82, 2.24) is 10.5 Å². The third-order valence-electron chi connectivity index (χ3n) is 0.785. The van der Waals surface area contributed by atoms with Crippen molar-refractivity contribution >= 4 is 0 Å². The zero-order valence-corrected chi connectivity index (χ0v) is 4.96. The standard InChI is InChI=1S/C4H12N2O2/c1-5-3-2-4-6(7)8/h5,7-8H,2-4H2,1H3. The lowest BCUT2D eigenvalue weighted by atomic mass is 10.4. The van der Waals surface area contributed by atoms with Crippen LogP contribution in [0.15, 0.2) is 0 Å². The SMILES string of the molecule is CNCCCN(O)O. The van der Waals surface area contributed by atoms with Gasteiger partial charge in [0.05, 0.1) is 6.54 Å². The van der Waals surface area contributed by atoms with E-state index in [0.29, 0.717) is 6.54 Å². The Kier molecular flexibility index (Phi) is 4.89. The molecule has 0 aliphatic carbocycles. The molecule has 50 valence electrons. The van der Waals surface area contributed by atoms with Crippen LogP contribution in [0.2, 0.25) is 0 Å². The molecule has 0 aliphatic heterocycles. The zero-order valence-electron chi connectivity index (χ0n) is 4.96. The molecule has 0 saturated carbocycles. The molecule has 0 saturated heterocycles. The number of rotatable bonds is 4. The highest BCUT2D eigenvalue weighted by atomic mass is 16.8. The Morgan fingerprint density at radius 1 is 1.50 bits per heavy atom. The van der Waals surface area contributed by atoms with Crippen molar-refractivity contribution in [2.45, 2.75) is 6.42 Å². The van der Waals surface area contributed by atoms with Crippen molar-refractivity contribution in [2.24, 2.45) is 0 Å². The van der Waals surface area contributed by atoms with E-state index >= 15 is 0 Å². The van der Waals surface area contributed by atoms with Crippen molar-refractivity contribution in [2.75, 3.05) is 20.1 Å². The van der Waals surface area contributed by atoms with Gasteiger partial charge in [-0.3, -0.25) is 10.4 Å². The fourth-order valence-electron chi connectivity index (χ4n) is 0.397. The van der Waals surface area contributed by atoms with E-state index in [1.54, 1.807) is 0 Å². The average Bonchev–Trinajstić information content (AvgIpc) is 1.66. The molecule has 4 nitrogen and oxygen atoms in total. The first-order chi connectivity index (χ1) is 3.77. The predicted octanol–water partition coefficient (Wildman–Crippen LogP) is -0.324. The van der Waals surface area contributed by atoms with Crippen LogP contribution in [0.5, 0.6) is 0 Å². The number of hydrogen-bond acceptors (Lipinski definition) is 4. The van der Waals surface area contributed by atoms with E-state index in [-0.39, 0.29) is 5.23 Å². The summed E-state index contributed by atoms with van der Waals surface area (Å²) in [5, 5.41) is 19.3. The van der Waals surface area contributed by atoms with Crippen LogP contribution in [0.4, 0.5) is 0 Å². The van der Waals surface area contributed by atoms with Crippen molar-refractivity contribution in [3.63, 3.8) is 0 Å². The molecule has 3 N–H and O–H groups in total. The monoisotopic (exact) mass is 120 g/mol. The molecule has 0 amide bonds. The Bertz CT molecular complexity index is 49.3. The van der Waals surface area contributed by atoms with Crippen LogP contribution < -0.4 is 5.32 Å². The smallest absolute Gasteiger partial charge is 0.0524 e. The molecule has 0 aromatic rings. The van der Waals surface area contributed by atoms with Gasteiger partial charge in [0.1, 0.15) is 0 Å². The first kappa shape index (κ1) is 7.84. The molecule has 0 aliphatic rings. The van der Waals surface area contributed by atoms with Gasteiger partial charge in [-0.2, -0.15) is 0 Å². The van der Waals surface area contributed by atoms with Crippen molar-refractivity contribution < 1.29 is 10.4 Å². The van der Waals surface area contributed by atoms with Crippen LogP contribution in [0, 0.1) is 0 Å². The minimum atomic E-state index is 0.192. The second kappa shape index (κ2) is 4.99. The Morgan fingerprint density at radius 2 is 2.12 bits per heavy atom. The summed E-state index contributed by atoms with van der Waals surface area (Å²) in [5.74, 6) is 0. The summed E-state index contributed by atoms with van der Waals surface area (Å²) in [6.45, 7) is 1.10. The van der Waals surface area contributed by atoms with Crippen molar-refractivity contribution in [3.8, 4) is 0 Å². The third kappa shape index (κ3) is 5.84. The van der Waals surface area contributed by atoms with Gasteiger partial charge in [-0.1, -0.05) is 5.23 Å². The lowest BCUT2D eigenvalue weighted by Crippen LogP contribution is -2.19. The summed E-state index contributed by atoms with van der Waals surface area (Å²) < 4.78 is 0. The van der Waals surface area contributed by atoms with Gasteiger partial charge in [0.25, 0.3) is 0 Å². The molecule has 0 fully saturated rings. The molecule has 8 heavy (non-hydrogen) atoms. The Hall–Kier alpha value is -0.160. The summed E-state index contributed by atoms with van der Waals surface area (Å²) in [7, 11) is 1.82. The topological polar surface area (TPSA) is 55.7 Å². The van der Waals surface area contributed by atoms with E-state index in [0.717, 1.165) is 13.0 Å². The predicted molar refractivity (Wildman–Crippen MR) is 28.8 cm³/mol.